The minimum Gasteiger partial charge on any atom is -0.477 e. The Kier molecular flexibility index (Phi) is 5.23. The first-order valence-electron chi connectivity index (χ1n) is 8.06. The number of hydrogen-bond donors (Lipinski definition) is 1. The first-order valence-corrected chi connectivity index (χ1v) is 8.06. The first kappa shape index (κ1) is 16.9. The number of ether oxygens (including phenoxy) is 2. The van der Waals surface area contributed by atoms with Gasteiger partial charge in [-0.1, -0.05) is 6.07 Å². The third-order valence-corrected chi connectivity index (χ3v) is 3.86. The van der Waals surface area contributed by atoms with Crippen LogP contribution in [0, 0.1) is 5.92 Å². The van der Waals surface area contributed by atoms with Crippen molar-refractivity contribution in [3.8, 4) is 5.88 Å². The third kappa shape index (κ3) is 4.53. The van der Waals surface area contributed by atoms with E-state index in [0.717, 1.165) is 0 Å². The van der Waals surface area contributed by atoms with Crippen LogP contribution in [0.5, 0.6) is 5.88 Å². The fraction of sp³-hybridized carbons (Fsp3) is 0.333. The van der Waals surface area contributed by atoms with Crippen molar-refractivity contribution in [3.63, 3.8) is 0 Å². The van der Waals surface area contributed by atoms with Gasteiger partial charge in [0, 0.05) is 18.5 Å². The van der Waals surface area contributed by atoms with E-state index in [-0.39, 0.29) is 0 Å². The Balaban J connectivity index is 1.66. The van der Waals surface area contributed by atoms with Crippen molar-refractivity contribution in [1.29, 1.82) is 0 Å². The molecule has 1 N–H and O–H groups in total. The largest absolute Gasteiger partial charge is 0.477 e. The van der Waals surface area contributed by atoms with Gasteiger partial charge in [0.15, 0.2) is 6.04 Å². The molecule has 7 heteroatoms. The van der Waals surface area contributed by atoms with Crippen LogP contribution in [-0.2, 0) is 9.53 Å². The molecule has 2 heterocycles. The molecule has 1 aliphatic rings. The Morgan fingerprint density at radius 2 is 2.08 bits per heavy atom. The Hall–Kier alpha value is -2.96. The molecule has 0 radical (unpaired) electrons. The standard InChI is InChI=1S/C18H19N3O4/c1-24-18(23)16(14-4-2-3-9-19-14)21-17(22)13-7-8-15(20-10-13)25-11-12-5-6-12/h2-4,7-10,12,16H,5-6,11H2,1H3,(H,21,22)/t16-/m0/s1. The maximum atomic E-state index is 12.4. The van der Waals surface area contributed by atoms with Crippen LogP contribution in [0.15, 0.2) is 42.7 Å². The fourth-order valence-electron chi connectivity index (χ4n) is 2.22. The molecule has 7 nitrogen and oxygen atoms in total. The predicted molar refractivity (Wildman–Crippen MR) is 88.9 cm³/mol. The smallest absolute Gasteiger partial charge is 0.334 e. The lowest BCUT2D eigenvalue weighted by Gasteiger charge is -2.16. The van der Waals surface area contributed by atoms with Gasteiger partial charge in [0.2, 0.25) is 5.88 Å². The summed E-state index contributed by atoms with van der Waals surface area (Å²) in [4.78, 5) is 32.6. The van der Waals surface area contributed by atoms with Gasteiger partial charge in [-0.3, -0.25) is 9.78 Å². The highest BCUT2D eigenvalue weighted by Crippen LogP contribution is 2.29. The summed E-state index contributed by atoms with van der Waals surface area (Å²) in [6.07, 6.45) is 5.36. The minimum atomic E-state index is -0.982. The monoisotopic (exact) mass is 341 g/mol. The summed E-state index contributed by atoms with van der Waals surface area (Å²) in [6, 6.07) is 7.38. The maximum absolute atomic E-state index is 12.4. The van der Waals surface area contributed by atoms with Gasteiger partial charge >= 0.3 is 5.97 Å². The average Bonchev–Trinajstić information content (AvgIpc) is 3.49. The second kappa shape index (κ2) is 7.74. The first-order chi connectivity index (χ1) is 12.2. The quantitative estimate of drug-likeness (QED) is 0.774. The van der Waals surface area contributed by atoms with Gasteiger partial charge in [-0.25, -0.2) is 9.78 Å². The predicted octanol–water partition coefficient (Wildman–Crippen LogP) is 1.91. The molecule has 1 fully saturated rings. The average molecular weight is 341 g/mol. The second-order valence-corrected chi connectivity index (χ2v) is 5.82. The van der Waals surface area contributed by atoms with Gasteiger partial charge in [0.1, 0.15) is 0 Å². The second-order valence-electron chi connectivity index (χ2n) is 5.82. The molecule has 25 heavy (non-hydrogen) atoms. The number of esters is 1. The Morgan fingerprint density at radius 3 is 2.68 bits per heavy atom. The van der Waals surface area contributed by atoms with Crippen molar-refractivity contribution in [2.75, 3.05) is 13.7 Å². The highest BCUT2D eigenvalue weighted by Gasteiger charge is 2.25. The van der Waals surface area contributed by atoms with E-state index in [4.69, 9.17) is 9.47 Å². The molecule has 1 saturated carbocycles. The van der Waals surface area contributed by atoms with Gasteiger partial charge in [-0.2, -0.15) is 0 Å². The van der Waals surface area contributed by atoms with Crippen molar-refractivity contribution in [3.05, 3.63) is 54.0 Å². The van der Waals surface area contributed by atoms with E-state index in [1.54, 1.807) is 36.5 Å². The van der Waals surface area contributed by atoms with Crippen LogP contribution in [0.3, 0.4) is 0 Å². The molecular formula is C18H19N3O4. The summed E-state index contributed by atoms with van der Waals surface area (Å²) in [5, 5.41) is 2.62. The van der Waals surface area contributed by atoms with Crippen LogP contribution in [0.2, 0.25) is 0 Å². The molecule has 2 aromatic rings. The maximum Gasteiger partial charge on any atom is 0.334 e. The van der Waals surface area contributed by atoms with Crippen LogP contribution in [0.4, 0.5) is 0 Å². The number of nitrogens with zero attached hydrogens (tertiary/aromatic N) is 2. The van der Waals surface area contributed by atoms with E-state index >= 15 is 0 Å². The van der Waals surface area contributed by atoms with E-state index in [1.807, 2.05) is 0 Å². The highest BCUT2D eigenvalue weighted by molar-refractivity contribution is 5.96. The fourth-order valence-corrected chi connectivity index (χ4v) is 2.22. The van der Waals surface area contributed by atoms with Crippen LogP contribution < -0.4 is 10.1 Å². The number of pyridine rings is 2. The lowest BCUT2D eigenvalue weighted by molar-refractivity contribution is -0.143. The molecule has 0 unspecified atom stereocenters. The molecule has 0 saturated heterocycles. The van der Waals surface area contributed by atoms with Crippen LogP contribution in [-0.4, -0.2) is 35.6 Å². The summed E-state index contributed by atoms with van der Waals surface area (Å²) in [5.41, 5.74) is 0.726. The van der Waals surface area contributed by atoms with E-state index in [0.29, 0.717) is 29.7 Å². The molecule has 1 atom stereocenters. The number of carbonyl (C=O) groups excluding carboxylic acids is 2. The van der Waals surface area contributed by atoms with Gasteiger partial charge in [-0.15, -0.1) is 0 Å². The molecular weight excluding hydrogens is 322 g/mol. The number of nitrogens with one attached hydrogen (secondary N) is 1. The number of amides is 1. The molecule has 1 amide bonds. The number of aromatic nitrogens is 2. The van der Waals surface area contributed by atoms with Crippen molar-refractivity contribution >= 4 is 11.9 Å². The number of hydrogen-bond acceptors (Lipinski definition) is 6. The van der Waals surface area contributed by atoms with Gasteiger partial charge < -0.3 is 14.8 Å². The van der Waals surface area contributed by atoms with Gasteiger partial charge in [0.05, 0.1) is 25.0 Å². The van der Waals surface area contributed by atoms with Gasteiger partial charge in [-0.05, 0) is 37.0 Å². The summed E-state index contributed by atoms with van der Waals surface area (Å²) in [7, 11) is 1.26. The number of carbonyl (C=O) groups is 2. The summed E-state index contributed by atoms with van der Waals surface area (Å²) >= 11 is 0. The highest BCUT2D eigenvalue weighted by atomic mass is 16.5. The molecule has 1 aliphatic carbocycles. The molecule has 2 aromatic heterocycles. The van der Waals surface area contributed by atoms with E-state index in [2.05, 4.69) is 15.3 Å². The topological polar surface area (TPSA) is 90.4 Å². The Morgan fingerprint density at radius 1 is 1.24 bits per heavy atom. The zero-order chi connectivity index (χ0) is 17.6. The Labute approximate surface area is 145 Å². The van der Waals surface area contributed by atoms with E-state index < -0.39 is 17.9 Å². The van der Waals surface area contributed by atoms with E-state index in [9.17, 15) is 9.59 Å². The van der Waals surface area contributed by atoms with Crippen LogP contribution in [0.25, 0.3) is 0 Å². The van der Waals surface area contributed by atoms with Crippen LogP contribution in [0.1, 0.15) is 34.9 Å². The van der Waals surface area contributed by atoms with Crippen molar-refractivity contribution in [1.82, 2.24) is 15.3 Å². The zero-order valence-corrected chi connectivity index (χ0v) is 13.8. The summed E-state index contributed by atoms with van der Waals surface area (Å²) in [5.74, 6) is 0.0772. The molecule has 0 bridgehead atoms. The molecule has 0 aliphatic heterocycles. The summed E-state index contributed by atoms with van der Waals surface area (Å²) < 4.78 is 10.3. The molecule has 0 spiro atoms. The van der Waals surface area contributed by atoms with Crippen molar-refractivity contribution in [2.24, 2.45) is 5.92 Å². The third-order valence-electron chi connectivity index (χ3n) is 3.86. The lowest BCUT2D eigenvalue weighted by atomic mass is 10.1. The summed E-state index contributed by atoms with van der Waals surface area (Å²) in [6.45, 7) is 0.655. The zero-order valence-electron chi connectivity index (χ0n) is 13.8. The van der Waals surface area contributed by atoms with Crippen molar-refractivity contribution < 1.29 is 19.1 Å². The minimum absolute atomic E-state index is 0.323. The normalized spacial score (nSPS) is 14.4. The molecule has 0 aromatic carbocycles. The van der Waals surface area contributed by atoms with Gasteiger partial charge in [0.25, 0.3) is 5.91 Å². The Bertz CT molecular complexity index is 730. The number of methoxy groups -OCH3 is 1. The van der Waals surface area contributed by atoms with Crippen molar-refractivity contribution in [2.45, 2.75) is 18.9 Å². The van der Waals surface area contributed by atoms with Crippen LogP contribution >= 0.6 is 0 Å². The SMILES string of the molecule is COC(=O)[C@@H](NC(=O)c1ccc(OCC2CC2)nc1)c1ccccn1. The number of rotatable bonds is 7. The molecule has 3 rings (SSSR count). The van der Waals surface area contributed by atoms with E-state index in [1.165, 1.54) is 26.1 Å². The molecule has 130 valence electrons. The lowest BCUT2D eigenvalue weighted by Crippen LogP contribution is -2.35.